The molecule has 0 N–H and O–H groups in total. The van der Waals surface area contributed by atoms with Gasteiger partial charge in [-0.15, -0.1) is 0 Å². The highest BCUT2D eigenvalue weighted by Crippen LogP contribution is 2.41. The van der Waals surface area contributed by atoms with E-state index in [-0.39, 0.29) is 0 Å². The average Bonchev–Trinajstić information content (AvgIpc) is 3.15. The number of rotatable bonds is 7. The van der Waals surface area contributed by atoms with Gasteiger partial charge in [0.2, 0.25) is 0 Å². The highest BCUT2D eigenvalue weighted by atomic mass is 15.1. The Labute approximate surface area is 288 Å². The monoisotopic (exact) mass is 627 g/mol. The van der Waals surface area contributed by atoms with E-state index in [9.17, 15) is 0 Å². The lowest BCUT2D eigenvalue weighted by atomic mass is 9.94. The lowest BCUT2D eigenvalue weighted by molar-refractivity contribution is 1.29. The Kier molecular flexibility index (Phi) is 8.09. The van der Waals surface area contributed by atoms with E-state index in [1.807, 2.05) is 0 Å². The summed E-state index contributed by atoms with van der Waals surface area (Å²) in [6.45, 7) is 4.24. The van der Waals surface area contributed by atoms with Crippen molar-refractivity contribution in [3.8, 4) is 0 Å². The molecule has 0 heterocycles. The van der Waals surface area contributed by atoms with Crippen LogP contribution in [0.1, 0.15) is 33.4 Å². The van der Waals surface area contributed by atoms with Crippen molar-refractivity contribution in [1.29, 1.82) is 0 Å². The summed E-state index contributed by atoms with van der Waals surface area (Å²) in [5, 5.41) is 7.65. The molecule has 0 aliphatic carbocycles. The van der Waals surface area contributed by atoms with Gasteiger partial charge in [-0.3, -0.25) is 0 Å². The van der Waals surface area contributed by atoms with E-state index in [2.05, 4.69) is 207 Å². The molecule has 0 fully saturated rings. The molecule has 8 aromatic rings. The molecule has 0 amide bonds. The summed E-state index contributed by atoms with van der Waals surface area (Å²) in [4.78, 5) is 2.37. The van der Waals surface area contributed by atoms with Gasteiger partial charge < -0.3 is 4.90 Å². The van der Waals surface area contributed by atoms with Crippen LogP contribution in [0.25, 0.3) is 56.6 Å². The molecular formula is C48H37N. The van der Waals surface area contributed by atoms with Crippen LogP contribution in [-0.2, 0) is 0 Å². The summed E-state index contributed by atoms with van der Waals surface area (Å²) in [5.41, 5.74) is 10.6. The lowest BCUT2D eigenvalue weighted by Gasteiger charge is -2.26. The average molecular weight is 628 g/mol. The summed E-state index contributed by atoms with van der Waals surface area (Å²) in [7, 11) is 0. The first kappa shape index (κ1) is 30.2. The Hall–Kier alpha value is -6.18. The van der Waals surface area contributed by atoms with E-state index in [1.54, 1.807) is 0 Å². The molecule has 0 atom stereocenters. The molecule has 0 saturated carbocycles. The first-order chi connectivity index (χ1) is 24.1. The molecule has 234 valence electrons. The van der Waals surface area contributed by atoms with Crippen molar-refractivity contribution in [2.45, 2.75) is 13.8 Å². The standard InChI is InChI=1S/C48H37N/c1-34-11-15-36(16-12-34)19-21-38-23-27-40(28-24-38)49(41-29-25-39(26-30-41)22-20-37-17-13-35(2)14-18-37)42-31-32-47-45-9-4-3-7-43(45)44-8-5-6-10-46(44)48(47)33-42/h3-33H,1-2H3. The third kappa shape index (κ3) is 6.27. The third-order valence-electron chi connectivity index (χ3n) is 9.38. The number of fused-ring (bicyclic) bond motifs is 6. The maximum atomic E-state index is 2.37. The van der Waals surface area contributed by atoms with E-state index in [0.717, 1.165) is 28.2 Å². The molecule has 0 spiro atoms. The fraction of sp³-hybridized carbons (Fsp3) is 0.0417. The largest absolute Gasteiger partial charge is 0.310 e. The van der Waals surface area contributed by atoms with Crippen molar-refractivity contribution in [1.82, 2.24) is 0 Å². The summed E-state index contributed by atoms with van der Waals surface area (Å²) in [6, 6.07) is 59.4. The molecule has 0 bridgehead atoms. The molecule has 0 aliphatic rings. The van der Waals surface area contributed by atoms with Gasteiger partial charge in [0, 0.05) is 17.1 Å². The predicted octanol–water partition coefficient (Wildman–Crippen LogP) is 13.6. The number of nitrogens with zero attached hydrogens (tertiary/aromatic N) is 1. The predicted molar refractivity (Wildman–Crippen MR) is 214 cm³/mol. The summed E-state index contributed by atoms with van der Waals surface area (Å²) in [6.07, 6.45) is 8.71. The van der Waals surface area contributed by atoms with Crippen molar-refractivity contribution in [2.24, 2.45) is 0 Å². The van der Waals surface area contributed by atoms with Crippen LogP contribution in [0.5, 0.6) is 0 Å². The highest BCUT2D eigenvalue weighted by Gasteiger charge is 2.15. The summed E-state index contributed by atoms with van der Waals surface area (Å²) >= 11 is 0. The van der Waals surface area contributed by atoms with E-state index in [4.69, 9.17) is 0 Å². The Balaban J connectivity index is 1.21. The molecule has 0 aliphatic heterocycles. The van der Waals surface area contributed by atoms with Crippen molar-refractivity contribution in [2.75, 3.05) is 4.90 Å². The van der Waals surface area contributed by atoms with Crippen LogP contribution in [0.4, 0.5) is 17.1 Å². The van der Waals surface area contributed by atoms with Crippen LogP contribution in [0, 0.1) is 13.8 Å². The van der Waals surface area contributed by atoms with Crippen molar-refractivity contribution >= 4 is 73.7 Å². The van der Waals surface area contributed by atoms with Crippen LogP contribution < -0.4 is 4.90 Å². The van der Waals surface area contributed by atoms with Crippen LogP contribution in [-0.4, -0.2) is 0 Å². The van der Waals surface area contributed by atoms with Gasteiger partial charge in [0.1, 0.15) is 0 Å². The van der Waals surface area contributed by atoms with E-state index in [1.165, 1.54) is 54.6 Å². The molecule has 8 aromatic carbocycles. The fourth-order valence-corrected chi connectivity index (χ4v) is 6.69. The second kappa shape index (κ2) is 13.1. The highest BCUT2D eigenvalue weighted by molar-refractivity contribution is 6.25. The summed E-state index contributed by atoms with van der Waals surface area (Å²) in [5.74, 6) is 0. The number of anilines is 3. The van der Waals surface area contributed by atoms with Gasteiger partial charge in [-0.1, -0.05) is 163 Å². The number of benzene rings is 8. The summed E-state index contributed by atoms with van der Waals surface area (Å²) < 4.78 is 0. The van der Waals surface area contributed by atoms with Gasteiger partial charge in [0.05, 0.1) is 0 Å². The minimum atomic E-state index is 1.11. The van der Waals surface area contributed by atoms with Crippen molar-refractivity contribution in [3.63, 3.8) is 0 Å². The maximum Gasteiger partial charge on any atom is 0.0468 e. The van der Waals surface area contributed by atoms with Crippen molar-refractivity contribution < 1.29 is 0 Å². The Bertz CT molecular complexity index is 2330. The molecule has 8 rings (SSSR count). The minimum absolute atomic E-state index is 1.11. The van der Waals surface area contributed by atoms with Crippen molar-refractivity contribution in [3.05, 3.63) is 197 Å². The second-order valence-electron chi connectivity index (χ2n) is 12.8. The third-order valence-corrected chi connectivity index (χ3v) is 9.38. The van der Waals surface area contributed by atoms with Gasteiger partial charge in [-0.05, 0) is 105 Å². The molecular weight excluding hydrogens is 591 g/mol. The Morgan fingerprint density at radius 3 is 1.00 bits per heavy atom. The van der Waals surface area contributed by atoms with Gasteiger partial charge >= 0.3 is 0 Å². The number of hydrogen-bond donors (Lipinski definition) is 0. The molecule has 0 saturated heterocycles. The van der Waals surface area contributed by atoms with Crippen LogP contribution in [0.15, 0.2) is 164 Å². The van der Waals surface area contributed by atoms with Gasteiger partial charge in [-0.25, -0.2) is 0 Å². The second-order valence-corrected chi connectivity index (χ2v) is 12.8. The Morgan fingerprint density at radius 1 is 0.306 bits per heavy atom. The molecule has 0 unspecified atom stereocenters. The zero-order valence-corrected chi connectivity index (χ0v) is 27.8. The zero-order valence-electron chi connectivity index (χ0n) is 27.8. The van der Waals surface area contributed by atoms with Gasteiger partial charge in [-0.2, -0.15) is 0 Å². The zero-order chi connectivity index (χ0) is 33.2. The molecule has 1 nitrogen and oxygen atoms in total. The number of hydrogen-bond acceptors (Lipinski definition) is 1. The molecule has 49 heavy (non-hydrogen) atoms. The van der Waals surface area contributed by atoms with E-state index >= 15 is 0 Å². The van der Waals surface area contributed by atoms with E-state index in [0.29, 0.717) is 0 Å². The normalized spacial score (nSPS) is 11.7. The smallest absolute Gasteiger partial charge is 0.0468 e. The first-order valence-corrected chi connectivity index (χ1v) is 16.9. The quantitative estimate of drug-likeness (QED) is 0.126. The fourth-order valence-electron chi connectivity index (χ4n) is 6.69. The molecule has 0 radical (unpaired) electrons. The molecule has 1 heteroatoms. The lowest BCUT2D eigenvalue weighted by Crippen LogP contribution is -2.10. The van der Waals surface area contributed by atoms with Crippen LogP contribution in [0.2, 0.25) is 0 Å². The maximum absolute atomic E-state index is 2.37. The van der Waals surface area contributed by atoms with Gasteiger partial charge in [0.25, 0.3) is 0 Å². The minimum Gasteiger partial charge on any atom is -0.310 e. The topological polar surface area (TPSA) is 3.24 Å². The Morgan fingerprint density at radius 2 is 0.612 bits per heavy atom. The number of aryl methyl sites for hydroxylation is 2. The molecule has 0 aromatic heterocycles. The van der Waals surface area contributed by atoms with Crippen LogP contribution >= 0.6 is 0 Å². The SMILES string of the molecule is Cc1ccc(C=Cc2ccc(N(c3ccc(C=Cc4ccc(C)cc4)cc3)c3ccc4c5ccccc5c5ccccc5c4c3)cc2)cc1. The van der Waals surface area contributed by atoms with E-state index < -0.39 is 0 Å². The van der Waals surface area contributed by atoms with Gasteiger partial charge in [0.15, 0.2) is 0 Å². The van der Waals surface area contributed by atoms with Crippen LogP contribution in [0.3, 0.4) is 0 Å². The first-order valence-electron chi connectivity index (χ1n) is 16.9.